The minimum Gasteiger partial charge on any atom is -0.395 e. The molecule has 2 rings (SSSR count). The molecule has 0 aliphatic rings. The van der Waals surface area contributed by atoms with Gasteiger partial charge in [-0.15, -0.1) is 0 Å². The lowest BCUT2D eigenvalue weighted by Crippen LogP contribution is -2.30. The number of aliphatic hydroxyl groups is 1. The molecule has 2 aromatic heterocycles. The minimum atomic E-state index is 0.0874. The number of aromatic nitrogens is 2. The van der Waals surface area contributed by atoms with Gasteiger partial charge in [0.1, 0.15) is 5.52 Å². The van der Waals surface area contributed by atoms with Crippen molar-refractivity contribution in [3.8, 4) is 0 Å². The summed E-state index contributed by atoms with van der Waals surface area (Å²) in [4.78, 5) is 10.8. The highest BCUT2D eigenvalue weighted by Crippen LogP contribution is 2.25. The summed E-state index contributed by atoms with van der Waals surface area (Å²) in [7, 11) is 1.66. The number of hydrogen-bond donors (Lipinski definition) is 1. The third-order valence-corrected chi connectivity index (χ3v) is 3.23. The van der Waals surface area contributed by atoms with E-state index in [-0.39, 0.29) is 6.61 Å². The predicted molar refractivity (Wildman–Crippen MR) is 78.4 cm³/mol. The SMILES string of the molecule is COCCN(CCO)c1ccnc2cc(Br)cnc12. The van der Waals surface area contributed by atoms with Crippen molar-refractivity contribution in [3.63, 3.8) is 0 Å². The highest BCUT2D eigenvalue weighted by atomic mass is 79.9. The zero-order valence-electron chi connectivity index (χ0n) is 10.7. The molecule has 0 amide bonds. The van der Waals surface area contributed by atoms with Crippen molar-refractivity contribution in [2.45, 2.75) is 0 Å². The number of ether oxygens (including phenoxy) is 1. The Morgan fingerprint density at radius 2 is 2.21 bits per heavy atom. The molecule has 0 aliphatic heterocycles. The summed E-state index contributed by atoms with van der Waals surface area (Å²) in [6.45, 7) is 1.93. The lowest BCUT2D eigenvalue weighted by atomic mass is 10.2. The summed E-state index contributed by atoms with van der Waals surface area (Å²) >= 11 is 3.39. The second-order valence-electron chi connectivity index (χ2n) is 4.05. The van der Waals surface area contributed by atoms with Crippen molar-refractivity contribution >= 4 is 32.7 Å². The van der Waals surface area contributed by atoms with E-state index in [1.165, 1.54) is 0 Å². The van der Waals surface area contributed by atoms with Crippen LogP contribution >= 0.6 is 15.9 Å². The molecule has 0 unspecified atom stereocenters. The summed E-state index contributed by atoms with van der Waals surface area (Å²) in [6, 6.07) is 3.84. The zero-order valence-corrected chi connectivity index (χ0v) is 12.3. The number of pyridine rings is 2. The summed E-state index contributed by atoms with van der Waals surface area (Å²) in [6.07, 6.45) is 3.50. The minimum absolute atomic E-state index is 0.0874. The Kier molecular flexibility index (Phi) is 5.07. The molecule has 0 spiro atoms. The number of nitrogens with zero attached hydrogens (tertiary/aromatic N) is 3. The van der Waals surface area contributed by atoms with Crippen molar-refractivity contribution in [1.82, 2.24) is 9.97 Å². The first-order valence-corrected chi connectivity index (χ1v) is 6.80. The molecular weight excluding hydrogens is 310 g/mol. The molecule has 0 radical (unpaired) electrons. The standard InChI is InChI=1S/C13H16BrN3O2/c1-19-7-5-17(4-6-18)12-2-3-15-11-8-10(14)9-16-13(11)12/h2-3,8-9,18H,4-7H2,1H3. The molecule has 0 aromatic carbocycles. The third-order valence-electron chi connectivity index (χ3n) is 2.80. The first-order chi connectivity index (χ1) is 9.26. The first kappa shape index (κ1) is 14.2. The Morgan fingerprint density at radius 3 is 2.95 bits per heavy atom. The fourth-order valence-electron chi connectivity index (χ4n) is 1.92. The maximum Gasteiger partial charge on any atom is 0.112 e. The Hall–Kier alpha value is -1.24. The van der Waals surface area contributed by atoms with Crippen LogP contribution in [0.2, 0.25) is 0 Å². The van der Waals surface area contributed by atoms with E-state index < -0.39 is 0 Å². The second-order valence-corrected chi connectivity index (χ2v) is 4.97. The topological polar surface area (TPSA) is 58.5 Å². The fourth-order valence-corrected chi connectivity index (χ4v) is 2.24. The van der Waals surface area contributed by atoms with Crippen molar-refractivity contribution in [3.05, 3.63) is 29.0 Å². The van der Waals surface area contributed by atoms with E-state index in [1.54, 1.807) is 19.5 Å². The molecule has 0 saturated carbocycles. The molecule has 0 fully saturated rings. The van der Waals surface area contributed by atoms with Crippen molar-refractivity contribution in [2.24, 2.45) is 0 Å². The molecule has 102 valence electrons. The lowest BCUT2D eigenvalue weighted by molar-refractivity contribution is 0.203. The quantitative estimate of drug-likeness (QED) is 0.878. The molecule has 0 atom stereocenters. The molecule has 19 heavy (non-hydrogen) atoms. The van der Waals surface area contributed by atoms with E-state index in [4.69, 9.17) is 4.74 Å². The van der Waals surface area contributed by atoms with Gasteiger partial charge >= 0.3 is 0 Å². The van der Waals surface area contributed by atoms with E-state index in [0.29, 0.717) is 19.7 Å². The van der Waals surface area contributed by atoms with Crippen molar-refractivity contribution in [1.29, 1.82) is 0 Å². The van der Waals surface area contributed by atoms with Crippen LogP contribution in [0.4, 0.5) is 5.69 Å². The van der Waals surface area contributed by atoms with Crippen LogP contribution in [-0.2, 0) is 4.74 Å². The summed E-state index contributed by atoms with van der Waals surface area (Å²) in [5.74, 6) is 0. The Labute approximate surface area is 120 Å². The van der Waals surface area contributed by atoms with Gasteiger partial charge in [0.15, 0.2) is 0 Å². The Balaban J connectivity index is 2.40. The van der Waals surface area contributed by atoms with Gasteiger partial charge in [0.05, 0.1) is 24.4 Å². The Bertz CT molecular complexity index is 550. The van der Waals surface area contributed by atoms with Crippen LogP contribution in [-0.4, -0.2) is 48.5 Å². The number of hydrogen-bond acceptors (Lipinski definition) is 5. The molecule has 6 heteroatoms. The van der Waals surface area contributed by atoms with Crippen molar-refractivity contribution in [2.75, 3.05) is 38.3 Å². The molecule has 0 bridgehead atoms. The second kappa shape index (κ2) is 6.79. The van der Waals surface area contributed by atoms with Crippen LogP contribution in [0.5, 0.6) is 0 Å². The van der Waals surface area contributed by atoms with Gasteiger partial charge in [-0.05, 0) is 28.1 Å². The van der Waals surface area contributed by atoms with Gasteiger partial charge in [-0.3, -0.25) is 9.97 Å². The molecule has 0 aliphatic carbocycles. The molecular formula is C13H16BrN3O2. The average Bonchev–Trinajstić information content (AvgIpc) is 2.42. The zero-order chi connectivity index (χ0) is 13.7. The summed E-state index contributed by atoms with van der Waals surface area (Å²) < 4.78 is 6.00. The van der Waals surface area contributed by atoms with Crippen LogP contribution in [0.1, 0.15) is 0 Å². The summed E-state index contributed by atoms with van der Waals surface area (Å²) in [5, 5.41) is 9.19. The third kappa shape index (κ3) is 3.40. The maximum absolute atomic E-state index is 9.19. The predicted octanol–water partition coefficient (Wildman–Crippen LogP) is 1.84. The van der Waals surface area contributed by atoms with Gasteiger partial charge in [-0.2, -0.15) is 0 Å². The number of aliphatic hydroxyl groups excluding tert-OH is 1. The van der Waals surface area contributed by atoms with E-state index in [1.807, 2.05) is 12.1 Å². The van der Waals surface area contributed by atoms with Crippen LogP contribution in [0.3, 0.4) is 0 Å². The molecule has 1 N–H and O–H groups in total. The van der Waals surface area contributed by atoms with Gasteiger partial charge in [-0.25, -0.2) is 0 Å². The van der Waals surface area contributed by atoms with Gasteiger partial charge in [0.2, 0.25) is 0 Å². The highest BCUT2D eigenvalue weighted by Gasteiger charge is 2.11. The number of halogens is 1. The Morgan fingerprint density at radius 1 is 1.37 bits per heavy atom. The number of methoxy groups -OCH3 is 1. The molecule has 5 nitrogen and oxygen atoms in total. The van der Waals surface area contributed by atoms with E-state index >= 15 is 0 Å². The van der Waals surface area contributed by atoms with Gasteiger partial charge in [0, 0.05) is 37.1 Å². The number of rotatable bonds is 6. The maximum atomic E-state index is 9.19. The molecule has 0 saturated heterocycles. The largest absolute Gasteiger partial charge is 0.395 e. The average molecular weight is 326 g/mol. The van der Waals surface area contributed by atoms with Crippen LogP contribution in [0, 0.1) is 0 Å². The molecule has 2 heterocycles. The smallest absolute Gasteiger partial charge is 0.112 e. The van der Waals surface area contributed by atoms with Crippen LogP contribution in [0.25, 0.3) is 11.0 Å². The van der Waals surface area contributed by atoms with Gasteiger partial charge < -0.3 is 14.7 Å². The number of anilines is 1. The van der Waals surface area contributed by atoms with Gasteiger partial charge in [0.25, 0.3) is 0 Å². The lowest BCUT2D eigenvalue weighted by Gasteiger charge is -2.24. The monoisotopic (exact) mass is 325 g/mol. The van der Waals surface area contributed by atoms with E-state index in [9.17, 15) is 5.11 Å². The van der Waals surface area contributed by atoms with Crippen molar-refractivity contribution < 1.29 is 9.84 Å². The normalized spacial score (nSPS) is 10.9. The van der Waals surface area contributed by atoms with Crippen LogP contribution in [0.15, 0.2) is 29.0 Å². The fraction of sp³-hybridized carbons (Fsp3) is 0.385. The first-order valence-electron chi connectivity index (χ1n) is 6.01. The number of fused-ring (bicyclic) bond motifs is 1. The van der Waals surface area contributed by atoms with E-state index in [0.717, 1.165) is 21.2 Å². The van der Waals surface area contributed by atoms with Crippen LogP contribution < -0.4 is 4.90 Å². The summed E-state index contributed by atoms with van der Waals surface area (Å²) in [5.41, 5.74) is 2.62. The molecule has 2 aromatic rings. The van der Waals surface area contributed by atoms with Gasteiger partial charge in [-0.1, -0.05) is 0 Å². The highest BCUT2D eigenvalue weighted by molar-refractivity contribution is 9.10. The van der Waals surface area contributed by atoms with E-state index in [2.05, 4.69) is 30.8 Å².